The Hall–Kier alpha value is -1.93. The maximum Gasteiger partial charge on any atom is 0.273 e. The number of ether oxygens (including phenoxy) is 1. The number of nitrogens with zero attached hydrogens (tertiary/aromatic N) is 1. The van der Waals surface area contributed by atoms with Gasteiger partial charge >= 0.3 is 0 Å². The van der Waals surface area contributed by atoms with Gasteiger partial charge < -0.3 is 25.4 Å². The number of aliphatic hydroxyl groups excluding tert-OH is 1. The van der Waals surface area contributed by atoms with Crippen molar-refractivity contribution in [2.24, 2.45) is 5.73 Å². The fourth-order valence-corrected chi connectivity index (χ4v) is 1.01. The molecule has 0 aliphatic rings. The molecular weight excluding hydrogens is 230 g/mol. The third-order valence-electron chi connectivity index (χ3n) is 1.86. The zero-order valence-electron chi connectivity index (χ0n) is 9.17. The van der Waals surface area contributed by atoms with Crippen LogP contribution in [0, 0.1) is 0 Å². The molecule has 4 N–H and O–H groups in total. The van der Waals surface area contributed by atoms with Gasteiger partial charge in [-0.3, -0.25) is 9.59 Å². The molecule has 17 heavy (non-hydrogen) atoms. The second-order valence-electron chi connectivity index (χ2n) is 3.24. The number of hydrogen-bond acceptors (Lipinski definition) is 6. The number of methoxy groups -OCH3 is 1. The third-order valence-corrected chi connectivity index (χ3v) is 1.86. The van der Waals surface area contributed by atoms with Crippen LogP contribution in [0.5, 0.6) is 0 Å². The van der Waals surface area contributed by atoms with Crippen molar-refractivity contribution in [2.75, 3.05) is 13.7 Å². The van der Waals surface area contributed by atoms with Crippen molar-refractivity contribution in [2.45, 2.75) is 12.7 Å². The van der Waals surface area contributed by atoms with Crippen LogP contribution in [0.25, 0.3) is 0 Å². The van der Waals surface area contributed by atoms with Crippen molar-refractivity contribution in [3.63, 3.8) is 0 Å². The molecular formula is C9H13N3O5. The maximum atomic E-state index is 11.5. The maximum absolute atomic E-state index is 11.5. The third kappa shape index (κ3) is 3.85. The molecule has 0 saturated heterocycles. The second-order valence-corrected chi connectivity index (χ2v) is 3.24. The highest BCUT2D eigenvalue weighted by molar-refractivity contribution is 5.92. The second kappa shape index (κ2) is 5.97. The van der Waals surface area contributed by atoms with Crippen molar-refractivity contribution in [3.05, 3.63) is 17.5 Å². The number of aromatic nitrogens is 1. The van der Waals surface area contributed by atoms with Crippen LogP contribution < -0.4 is 11.1 Å². The van der Waals surface area contributed by atoms with Gasteiger partial charge in [0.05, 0.1) is 6.54 Å². The summed E-state index contributed by atoms with van der Waals surface area (Å²) in [6.45, 7) is -0.0785. The Morgan fingerprint density at radius 3 is 3.00 bits per heavy atom. The molecule has 0 aromatic carbocycles. The molecule has 1 unspecified atom stereocenters. The number of carbonyl (C=O) groups excluding carboxylic acids is 2. The van der Waals surface area contributed by atoms with Gasteiger partial charge in [0.1, 0.15) is 12.7 Å². The first-order chi connectivity index (χ1) is 8.04. The molecule has 0 fully saturated rings. The van der Waals surface area contributed by atoms with E-state index in [1.165, 1.54) is 13.2 Å². The summed E-state index contributed by atoms with van der Waals surface area (Å²) in [7, 11) is 1.48. The smallest absolute Gasteiger partial charge is 0.273 e. The number of primary amides is 1. The molecule has 0 saturated carbocycles. The fraction of sp³-hybridized carbons (Fsp3) is 0.444. The Labute approximate surface area is 96.7 Å². The van der Waals surface area contributed by atoms with Crippen molar-refractivity contribution < 1.29 is 24.0 Å². The lowest BCUT2D eigenvalue weighted by atomic mass is 10.3. The van der Waals surface area contributed by atoms with Gasteiger partial charge in [-0.1, -0.05) is 5.16 Å². The van der Waals surface area contributed by atoms with E-state index in [1.807, 2.05) is 0 Å². The minimum absolute atomic E-state index is 0.0359. The topological polar surface area (TPSA) is 128 Å². The molecule has 2 amide bonds. The number of nitrogens with two attached hydrogens (primary N) is 1. The first-order valence-corrected chi connectivity index (χ1v) is 4.74. The molecule has 94 valence electrons. The summed E-state index contributed by atoms with van der Waals surface area (Å²) in [4.78, 5) is 22.0. The molecule has 8 heteroatoms. The summed E-state index contributed by atoms with van der Waals surface area (Å²) < 4.78 is 9.57. The largest absolute Gasteiger partial charge is 0.381 e. The predicted molar refractivity (Wildman–Crippen MR) is 54.8 cm³/mol. The summed E-state index contributed by atoms with van der Waals surface area (Å²) in [5, 5.41) is 14.8. The van der Waals surface area contributed by atoms with E-state index in [2.05, 4.69) is 10.5 Å². The number of amides is 2. The number of hydrogen-bond donors (Lipinski definition) is 3. The van der Waals surface area contributed by atoms with Gasteiger partial charge in [0.15, 0.2) is 11.5 Å². The highest BCUT2D eigenvalue weighted by Crippen LogP contribution is 2.04. The Morgan fingerprint density at radius 2 is 2.41 bits per heavy atom. The first kappa shape index (κ1) is 13.1. The van der Waals surface area contributed by atoms with Gasteiger partial charge in [0.2, 0.25) is 5.91 Å². The standard InChI is InChI=1S/C9H13N3O5/c1-16-4-5-2-6(12-17-5)9(15)11-3-7(13)8(10)14/h2,7,13H,3-4H2,1H3,(H2,10,14)(H,11,15). The van der Waals surface area contributed by atoms with E-state index in [1.54, 1.807) is 0 Å². The Bertz CT molecular complexity index is 403. The molecule has 1 heterocycles. The molecule has 0 bridgehead atoms. The van der Waals surface area contributed by atoms with E-state index >= 15 is 0 Å². The quantitative estimate of drug-likeness (QED) is 0.552. The predicted octanol–water partition coefficient (Wildman–Crippen LogP) is -1.60. The molecule has 1 atom stereocenters. The number of carbonyl (C=O) groups is 2. The van der Waals surface area contributed by atoms with Crippen molar-refractivity contribution in [3.8, 4) is 0 Å². The van der Waals surface area contributed by atoms with E-state index in [9.17, 15) is 9.59 Å². The normalized spacial score (nSPS) is 12.1. The van der Waals surface area contributed by atoms with Gasteiger partial charge in [-0.25, -0.2) is 0 Å². The highest BCUT2D eigenvalue weighted by Gasteiger charge is 2.16. The Balaban J connectivity index is 2.49. The van der Waals surface area contributed by atoms with E-state index in [0.29, 0.717) is 5.76 Å². The summed E-state index contributed by atoms with van der Waals surface area (Å²) in [6, 6.07) is 1.40. The van der Waals surface area contributed by atoms with Crippen molar-refractivity contribution in [1.82, 2.24) is 10.5 Å². The molecule has 0 radical (unpaired) electrons. The van der Waals surface area contributed by atoms with Crippen LogP contribution in [0.3, 0.4) is 0 Å². The highest BCUT2D eigenvalue weighted by atomic mass is 16.5. The van der Waals surface area contributed by atoms with Gasteiger partial charge in [0, 0.05) is 13.2 Å². The van der Waals surface area contributed by atoms with Crippen molar-refractivity contribution >= 4 is 11.8 Å². The van der Waals surface area contributed by atoms with Crippen LogP contribution in [0.4, 0.5) is 0 Å². The summed E-state index contributed by atoms with van der Waals surface area (Å²) in [6.07, 6.45) is -1.43. The molecule has 1 rings (SSSR count). The molecule has 0 aliphatic carbocycles. The van der Waals surface area contributed by atoms with Crippen LogP contribution in [0.2, 0.25) is 0 Å². The zero-order valence-corrected chi connectivity index (χ0v) is 9.17. The monoisotopic (exact) mass is 243 g/mol. The van der Waals surface area contributed by atoms with Crippen LogP contribution in [0.1, 0.15) is 16.2 Å². The molecule has 1 aromatic heterocycles. The van der Waals surface area contributed by atoms with E-state index in [4.69, 9.17) is 20.1 Å². The number of aliphatic hydroxyl groups is 1. The summed E-state index contributed by atoms with van der Waals surface area (Å²) in [5.41, 5.74) is 4.85. The molecule has 8 nitrogen and oxygen atoms in total. The van der Waals surface area contributed by atoms with Crippen LogP contribution in [0.15, 0.2) is 10.6 Å². The van der Waals surface area contributed by atoms with Gasteiger partial charge in [-0.15, -0.1) is 0 Å². The van der Waals surface area contributed by atoms with Gasteiger partial charge in [0.25, 0.3) is 5.91 Å². The SMILES string of the molecule is COCc1cc(C(=O)NCC(O)C(N)=O)no1. The lowest BCUT2D eigenvalue weighted by Gasteiger charge is -2.06. The van der Waals surface area contributed by atoms with Gasteiger partial charge in [-0.05, 0) is 0 Å². The number of rotatable bonds is 6. The van der Waals surface area contributed by atoms with Gasteiger partial charge in [-0.2, -0.15) is 0 Å². The van der Waals surface area contributed by atoms with Crippen LogP contribution >= 0.6 is 0 Å². The molecule has 1 aromatic rings. The van der Waals surface area contributed by atoms with Crippen molar-refractivity contribution in [1.29, 1.82) is 0 Å². The average Bonchev–Trinajstić information content (AvgIpc) is 2.74. The first-order valence-electron chi connectivity index (χ1n) is 4.74. The molecule has 0 aliphatic heterocycles. The van der Waals surface area contributed by atoms with E-state index < -0.39 is 17.9 Å². The number of nitrogens with one attached hydrogen (secondary N) is 1. The lowest BCUT2D eigenvalue weighted by Crippen LogP contribution is -2.40. The van der Waals surface area contributed by atoms with Crippen LogP contribution in [-0.4, -0.2) is 41.8 Å². The fourth-order valence-electron chi connectivity index (χ4n) is 1.01. The van der Waals surface area contributed by atoms with E-state index in [0.717, 1.165) is 0 Å². The van der Waals surface area contributed by atoms with Crippen LogP contribution in [-0.2, 0) is 16.1 Å². The Morgan fingerprint density at radius 1 is 1.71 bits per heavy atom. The molecule has 0 spiro atoms. The lowest BCUT2D eigenvalue weighted by molar-refractivity contribution is -0.125. The zero-order chi connectivity index (χ0) is 12.8. The minimum Gasteiger partial charge on any atom is -0.381 e. The summed E-state index contributed by atoms with van der Waals surface area (Å²) >= 11 is 0. The van der Waals surface area contributed by atoms with E-state index in [-0.39, 0.29) is 18.8 Å². The Kier molecular flexibility index (Phi) is 4.61. The summed E-state index contributed by atoms with van der Waals surface area (Å²) in [5.74, 6) is -1.09. The average molecular weight is 243 g/mol. The minimum atomic E-state index is -1.43.